The van der Waals surface area contributed by atoms with Gasteiger partial charge < -0.3 is 117 Å². The SMILES string of the molecule is C[C@H](NC(=O)[C@H](C)NC(=O)[C@H](C)NC(=O)[C@H](C)NC(=O)[C@H](C)NC(=O)[C@H](C)NC(=O)[C@H](CCCCN)NC(=O)[C@H](Cc1ccc(O)cc1)NC(=O)[C@H](C)NC(=O)[C@H](CCC(=O)O)NC(=O)[C@H](Cc1ccc(O)cc1)NC(=O)[C@H](CCCCN)NC(=O)[C@H](C)NC(=O)[C@H](C)NC(=O)[C@@H](N)CCC(=O)O)C(=O)O. The Hall–Kier alpha value is -11.1. The Bertz CT molecular complexity index is 3400. The number of benzene rings is 2. The molecule has 0 aliphatic carbocycles. The largest absolute Gasteiger partial charge is 0.508 e. The van der Waals surface area contributed by atoms with Crippen molar-refractivity contribution >= 4 is 101 Å². The van der Waals surface area contributed by atoms with Crippen molar-refractivity contribution in [2.24, 2.45) is 17.2 Å². The van der Waals surface area contributed by atoms with Crippen LogP contribution in [-0.2, 0) is 94.3 Å². The molecule has 15 atom stereocenters. The molecule has 0 saturated heterocycles. The molecule has 0 unspecified atom stereocenters. The van der Waals surface area contributed by atoms with Crippen LogP contribution in [0.4, 0.5) is 0 Å². The number of nitrogens with one attached hydrogen (secondary N) is 14. The molecule has 588 valence electrons. The van der Waals surface area contributed by atoms with E-state index in [1.807, 2.05) is 0 Å². The summed E-state index contributed by atoms with van der Waals surface area (Å²) in [4.78, 5) is 224. The zero-order chi connectivity index (χ0) is 80.2. The van der Waals surface area contributed by atoms with Gasteiger partial charge >= 0.3 is 17.9 Å². The average molecular weight is 1500 g/mol. The minimum atomic E-state index is -1.76. The molecule has 0 spiro atoms. The molecule has 0 heterocycles. The molecular weight excluding hydrogens is 1390 g/mol. The lowest BCUT2D eigenvalue weighted by atomic mass is 10.0. The summed E-state index contributed by atoms with van der Waals surface area (Å²) in [6.07, 6.45) is -1.59. The van der Waals surface area contributed by atoms with E-state index in [2.05, 4.69) is 74.4 Å². The summed E-state index contributed by atoms with van der Waals surface area (Å²) in [6.45, 7) is 11.7. The van der Waals surface area contributed by atoms with Gasteiger partial charge in [0.15, 0.2) is 0 Å². The molecule has 0 saturated carbocycles. The highest BCUT2D eigenvalue weighted by Crippen LogP contribution is 2.16. The van der Waals surface area contributed by atoms with Gasteiger partial charge in [0.25, 0.3) is 0 Å². The van der Waals surface area contributed by atoms with Crippen LogP contribution >= 0.6 is 0 Å². The molecule has 0 radical (unpaired) electrons. The van der Waals surface area contributed by atoms with Crippen LogP contribution in [0.25, 0.3) is 0 Å². The Balaban J connectivity index is 2.36. The number of aliphatic carboxylic acids is 3. The molecule has 0 aliphatic heterocycles. The summed E-state index contributed by atoms with van der Waals surface area (Å²) < 4.78 is 0. The van der Waals surface area contributed by atoms with Gasteiger partial charge in [-0.15, -0.1) is 0 Å². The Morgan fingerprint density at radius 2 is 0.519 bits per heavy atom. The number of carboxylic acid groups (broad SMARTS) is 3. The lowest BCUT2D eigenvalue weighted by Gasteiger charge is -2.27. The summed E-state index contributed by atoms with van der Waals surface area (Å²) in [5.74, 6) is -17.2. The van der Waals surface area contributed by atoms with E-state index in [4.69, 9.17) is 27.4 Å². The standard InChI is InChI=1S/C67H103N17O22/c1-32(53(91)72-33(2)55(93)74-35(4)58(96)79-40(9)67(105)106)71-54(92)34(3)73-57(95)37(6)77-62(100)46(14-10-12-28-68)81-65(103)49(30-41-16-20-43(85)21-17-41)83-60(98)39(8)78-63(101)48(25-27-52(89)90)82-66(104)50(31-42-18-22-44(86)23-19-42)84-64(102)47(15-11-13-29-69)80-59(97)38(7)75-56(94)36(5)76-61(99)45(70)24-26-51(87)88/h16-23,32-40,45-50,85-86H,10-15,24-31,68-70H2,1-9H3,(H,71,92)(H,72,91)(H,73,95)(H,74,93)(H,75,94)(H,76,99)(H,77,100)(H,78,101)(H,79,96)(H,80,97)(H,81,103)(H,82,104)(H,83,98)(H,84,102)(H,87,88)(H,89,90)(H,105,106)/t32-,33-,34-,35-,36-,37-,38-,39-,40-,45-,46-,47-,48-,49-,50-/m0/s1. The molecular formula is C67H103N17O22. The lowest BCUT2D eigenvalue weighted by Crippen LogP contribution is -2.60. The fraction of sp³-hybridized carbons (Fsp3) is 0.567. The minimum Gasteiger partial charge on any atom is -0.508 e. The van der Waals surface area contributed by atoms with Crippen LogP contribution in [-0.4, -0.2) is 230 Å². The molecule has 0 bridgehead atoms. The lowest BCUT2D eigenvalue weighted by molar-refractivity contribution is -0.141. The first-order valence-corrected chi connectivity index (χ1v) is 34.3. The number of hydrogen-bond donors (Lipinski definition) is 22. The zero-order valence-electron chi connectivity index (χ0n) is 60.6. The first kappa shape index (κ1) is 91.0. The molecule has 2 aromatic carbocycles. The summed E-state index contributed by atoms with van der Waals surface area (Å²) in [5.41, 5.74) is 17.9. The number of unbranched alkanes of at least 4 members (excludes halogenated alkanes) is 2. The minimum absolute atomic E-state index is 0.0742. The van der Waals surface area contributed by atoms with Crippen molar-refractivity contribution in [3.8, 4) is 11.5 Å². The molecule has 0 aromatic heterocycles. The molecule has 2 aromatic rings. The Morgan fingerprint density at radius 1 is 0.292 bits per heavy atom. The van der Waals surface area contributed by atoms with Crippen LogP contribution in [0, 0.1) is 0 Å². The quantitative estimate of drug-likeness (QED) is 0.0275. The number of phenols is 2. The highest BCUT2D eigenvalue weighted by Gasteiger charge is 2.36. The number of amides is 14. The van der Waals surface area contributed by atoms with Crippen molar-refractivity contribution < 1.29 is 107 Å². The third-order valence-corrected chi connectivity index (χ3v) is 16.2. The predicted octanol–water partition coefficient (Wildman–Crippen LogP) is -5.75. The summed E-state index contributed by atoms with van der Waals surface area (Å²) in [5, 5.41) is 81.8. The van der Waals surface area contributed by atoms with E-state index >= 15 is 0 Å². The summed E-state index contributed by atoms with van der Waals surface area (Å²) >= 11 is 0. The number of phenolic OH excluding ortho intramolecular Hbond substituents is 2. The number of carbonyl (C=O) groups is 17. The maximum absolute atomic E-state index is 14.5. The molecule has 0 fully saturated rings. The maximum Gasteiger partial charge on any atom is 0.325 e. The molecule has 106 heavy (non-hydrogen) atoms. The molecule has 14 amide bonds. The normalized spacial score (nSPS) is 15.2. The first-order chi connectivity index (χ1) is 49.7. The number of rotatable bonds is 47. The van der Waals surface area contributed by atoms with Gasteiger partial charge in [0.1, 0.15) is 96.1 Å². The topological polar surface area (TPSA) is 638 Å². The van der Waals surface area contributed by atoms with Crippen LogP contribution in [0.5, 0.6) is 11.5 Å². The highest BCUT2D eigenvalue weighted by atomic mass is 16.4. The van der Waals surface area contributed by atoms with E-state index in [1.54, 1.807) is 0 Å². The molecule has 25 N–H and O–H groups in total. The third-order valence-electron chi connectivity index (χ3n) is 16.2. The zero-order valence-corrected chi connectivity index (χ0v) is 60.6. The van der Waals surface area contributed by atoms with Gasteiger partial charge in [-0.1, -0.05) is 24.3 Å². The van der Waals surface area contributed by atoms with Crippen molar-refractivity contribution in [2.45, 2.75) is 230 Å². The number of carbonyl (C=O) groups excluding carboxylic acids is 14. The van der Waals surface area contributed by atoms with E-state index in [9.17, 15) is 96.8 Å². The van der Waals surface area contributed by atoms with E-state index in [-0.39, 0.29) is 69.5 Å². The van der Waals surface area contributed by atoms with Crippen LogP contribution in [0.2, 0.25) is 0 Å². The van der Waals surface area contributed by atoms with Gasteiger partial charge in [-0.05, 0) is 162 Å². The van der Waals surface area contributed by atoms with Gasteiger partial charge in [-0.2, -0.15) is 0 Å². The molecule has 2 rings (SSSR count). The second-order valence-corrected chi connectivity index (χ2v) is 25.5. The van der Waals surface area contributed by atoms with E-state index in [1.165, 1.54) is 111 Å². The van der Waals surface area contributed by atoms with Crippen molar-refractivity contribution in [3.05, 3.63) is 59.7 Å². The van der Waals surface area contributed by atoms with E-state index < -0.39 is 210 Å². The average Bonchev–Trinajstić information content (AvgIpc) is 1.24. The van der Waals surface area contributed by atoms with E-state index in [0.717, 1.165) is 0 Å². The van der Waals surface area contributed by atoms with Gasteiger partial charge in [-0.3, -0.25) is 81.5 Å². The van der Waals surface area contributed by atoms with Crippen molar-refractivity contribution in [1.29, 1.82) is 0 Å². The fourth-order valence-corrected chi connectivity index (χ4v) is 9.60. The number of nitrogens with two attached hydrogens (primary N) is 3. The van der Waals surface area contributed by atoms with Crippen LogP contribution < -0.4 is 91.6 Å². The van der Waals surface area contributed by atoms with Gasteiger partial charge in [0, 0.05) is 25.7 Å². The van der Waals surface area contributed by atoms with Crippen LogP contribution in [0.15, 0.2) is 48.5 Å². The van der Waals surface area contributed by atoms with Gasteiger partial charge in [-0.25, -0.2) is 0 Å². The Morgan fingerprint density at radius 3 is 0.821 bits per heavy atom. The summed E-state index contributed by atoms with van der Waals surface area (Å²) in [6, 6.07) is -10.2. The van der Waals surface area contributed by atoms with Crippen LogP contribution in [0.1, 0.15) is 138 Å². The molecule has 0 aliphatic rings. The predicted molar refractivity (Wildman–Crippen MR) is 377 cm³/mol. The monoisotopic (exact) mass is 1500 g/mol. The van der Waals surface area contributed by atoms with Crippen LogP contribution in [0.3, 0.4) is 0 Å². The van der Waals surface area contributed by atoms with Gasteiger partial charge in [0.05, 0.1) is 6.04 Å². The number of aromatic hydroxyl groups is 2. The van der Waals surface area contributed by atoms with Gasteiger partial charge in [0.2, 0.25) is 82.7 Å². The van der Waals surface area contributed by atoms with Crippen molar-refractivity contribution in [2.75, 3.05) is 13.1 Å². The second-order valence-electron chi connectivity index (χ2n) is 25.5. The highest BCUT2D eigenvalue weighted by molar-refractivity contribution is 6.00. The van der Waals surface area contributed by atoms with E-state index in [0.29, 0.717) is 24.0 Å². The Kier molecular flexibility index (Phi) is 39.4. The first-order valence-electron chi connectivity index (χ1n) is 34.3. The summed E-state index contributed by atoms with van der Waals surface area (Å²) in [7, 11) is 0. The fourth-order valence-electron chi connectivity index (χ4n) is 9.60. The number of carboxylic acids is 3. The smallest absolute Gasteiger partial charge is 0.325 e. The molecule has 39 heteroatoms. The second kappa shape index (κ2) is 45.9. The number of hydrogen-bond acceptors (Lipinski definition) is 22. The third kappa shape index (κ3) is 33.6. The van der Waals surface area contributed by atoms with Crippen molar-refractivity contribution in [1.82, 2.24) is 74.4 Å². The maximum atomic E-state index is 14.5. The molecule has 39 nitrogen and oxygen atoms in total. The Labute approximate surface area is 611 Å². The van der Waals surface area contributed by atoms with Crippen molar-refractivity contribution in [3.63, 3.8) is 0 Å².